The van der Waals surface area contributed by atoms with Gasteiger partial charge in [-0.05, 0) is 65.1 Å². The summed E-state index contributed by atoms with van der Waals surface area (Å²) in [4.78, 5) is 4.46. The third-order valence-corrected chi connectivity index (χ3v) is 6.06. The van der Waals surface area contributed by atoms with Gasteiger partial charge in [-0.15, -0.1) is 11.8 Å². The Labute approximate surface area is 210 Å². The lowest BCUT2D eigenvalue weighted by atomic mass is 9.91. The van der Waals surface area contributed by atoms with E-state index in [1.54, 1.807) is 24.9 Å². The molecule has 4 rings (SSSR count). The molecule has 0 fully saturated rings. The van der Waals surface area contributed by atoms with Gasteiger partial charge < -0.3 is 16.2 Å². The van der Waals surface area contributed by atoms with Crippen LogP contribution in [0.3, 0.4) is 0 Å². The Morgan fingerprint density at radius 3 is 2.29 bits per heavy atom. The lowest BCUT2D eigenvalue weighted by molar-refractivity contribution is 0.415. The average molecular weight is 491 g/mol. The summed E-state index contributed by atoms with van der Waals surface area (Å²) in [5.41, 5.74) is 21.0. The molecule has 0 spiro atoms. The highest BCUT2D eigenvalue weighted by atomic mass is 32.2. The number of nitrogens with two attached hydrogens (primary N) is 3. The number of ether oxygens (including phenoxy) is 1. The van der Waals surface area contributed by atoms with Crippen LogP contribution in [0, 0.1) is 6.92 Å². The van der Waals surface area contributed by atoms with Crippen molar-refractivity contribution in [2.75, 3.05) is 13.4 Å². The van der Waals surface area contributed by atoms with Crippen molar-refractivity contribution in [2.45, 2.75) is 12.7 Å². The molecule has 0 bridgehead atoms. The first kappa shape index (κ1) is 25.5. The highest BCUT2D eigenvalue weighted by molar-refractivity contribution is 8.01. The highest BCUT2D eigenvalue weighted by Crippen LogP contribution is 2.39. The van der Waals surface area contributed by atoms with Crippen LogP contribution in [0.5, 0.6) is 5.75 Å². The molecule has 0 saturated heterocycles. The monoisotopic (exact) mass is 490 g/mol. The van der Waals surface area contributed by atoms with Crippen LogP contribution in [0.25, 0.3) is 16.7 Å². The number of allylic oxidation sites excluding steroid dienone is 1. The van der Waals surface area contributed by atoms with Crippen LogP contribution >= 0.6 is 23.7 Å². The minimum Gasteiger partial charge on any atom is -0.497 e. The zero-order valence-electron chi connectivity index (χ0n) is 19.6. The summed E-state index contributed by atoms with van der Waals surface area (Å²) in [5, 5.41) is 6.87. The van der Waals surface area contributed by atoms with E-state index in [0.717, 1.165) is 33.9 Å². The smallest absolute Gasteiger partial charge is 0.126 e. The maximum absolute atomic E-state index is 6.47. The normalized spacial score (nSPS) is 13.4. The molecule has 0 atom stereocenters. The molecule has 1 aliphatic rings. The van der Waals surface area contributed by atoms with Gasteiger partial charge in [-0.25, -0.2) is 4.99 Å². The zero-order chi connectivity index (χ0) is 24.5. The summed E-state index contributed by atoms with van der Waals surface area (Å²) in [7, 11) is 1.68. The number of nitrogens with zero attached hydrogens (tertiary/aromatic N) is 1. The van der Waals surface area contributed by atoms with E-state index in [4.69, 9.17) is 21.3 Å². The van der Waals surface area contributed by atoms with Crippen LogP contribution in [0.4, 0.5) is 5.69 Å². The Morgan fingerprint density at radius 1 is 1.00 bits per heavy atom. The van der Waals surface area contributed by atoms with E-state index in [-0.39, 0.29) is 0 Å². The first-order valence-electron chi connectivity index (χ1n) is 10.7. The summed E-state index contributed by atoms with van der Waals surface area (Å²) in [6.45, 7) is 2.04. The second kappa shape index (κ2) is 12.4. The number of fused-ring (bicyclic) bond motifs is 1. The third-order valence-electron chi connectivity index (χ3n) is 5.20. The van der Waals surface area contributed by atoms with Crippen LogP contribution < -0.4 is 21.3 Å². The summed E-state index contributed by atoms with van der Waals surface area (Å²) < 4.78 is 5.29. The number of hydrogen-bond acceptors (Lipinski definition) is 6. The van der Waals surface area contributed by atoms with E-state index in [0.29, 0.717) is 11.5 Å². The molecule has 1 heterocycles. The van der Waals surface area contributed by atoms with Gasteiger partial charge in [0.2, 0.25) is 0 Å². The molecule has 34 heavy (non-hydrogen) atoms. The molecule has 6 N–H and O–H groups in total. The average Bonchev–Trinajstić information content (AvgIpc) is 2.85. The van der Waals surface area contributed by atoms with Gasteiger partial charge in [0.15, 0.2) is 0 Å². The summed E-state index contributed by atoms with van der Waals surface area (Å²) in [5.74, 6) is 2.12. The molecule has 3 aromatic rings. The van der Waals surface area contributed by atoms with Gasteiger partial charge in [0.05, 0.1) is 12.8 Å². The Kier molecular flexibility index (Phi) is 9.27. The minimum atomic E-state index is 0.380. The van der Waals surface area contributed by atoms with E-state index in [1.807, 2.05) is 49.6 Å². The molecule has 176 valence electrons. The van der Waals surface area contributed by atoms with Gasteiger partial charge in [-0.1, -0.05) is 60.0 Å². The van der Waals surface area contributed by atoms with Gasteiger partial charge in [-0.2, -0.15) is 0 Å². The Morgan fingerprint density at radius 2 is 1.65 bits per heavy atom. The van der Waals surface area contributed by atoms with Crippen molar-refractivity contribution in [2.24, 2.45) is 21.6 Å². The number of amidine groups is 1. The predicted octanol–water partition coefficient (Wildman–Crippen LogP) is 6.01. The van der Waals surface area contributed by atoms with Crippen molar-refractivity contribution in [3.8, 4) is 16.9 Å². The molecule has 1 aliphatic heterocycles. The first-order valence-corrected chi connectivity index (χ1v) is 13.0. The fourth-order valence-corrected chi connectivity index (χ4v) is 4.56. The second-order valence-corrected chi connectivity index (χ2v) is 8.94. The van der Waals surface area contributed by atoms with E-state index in [2.05, 4.69) is 40.7 Å². The molecule has 7 heteroatoms. The Balaban J connectivity index is 0.00000103. The first-order chi connectivity index (χ1) is 16.5. The molecular weight excluding hydrogens is 460 g/mol. The maximum atomic E-state index is 6.47. The van der Waals surface area contributed by atoms with Gasteiger partial charge >= 0.3 is 0 Å². The highest BCUT2D eigenvalue weighted by Gasteiger charge is 2.18. The third kappa shape index (κ3) is 6.47. The second-order valence-electron chi connectivity index (χ2n) is 7.61. The van der Waals surface area contributed by atoms with E-state index < -0.39 is 0 Å². The predicted molar refractivity (Wildman–Crippen MR) is 150 cm³/mol. The van der Waals surface area contributed by atoms with Crippen molar-refractivity contribution in [3.05, 3.63) is 101 Å². The lowest BCUT2D eigenvalue weighted by Gasteiger charge is -2.21. The Bertz CT molecular complexity index is 1200. The molecule has 0 saturated carbocycles. The summed E-state index contributed by atoms with van der Waals surface area (Å²) in [6, 6.07) is 22.4. The van der Waals surface area contributed by atoms with Gasteiger partial charge in [-0.3, -0.25) is 5.14 Å². The number of aliphatic imine (C=N–C) groups is 1. The lowest BCUT2D eigenvalue weighted by Crippen LogP contribution is -2.13. The van der Waals surface area contributed by atoms with Crippen LogP contribution in [0.1, 0.15) is 16.7 Å². The fraction of sp³-hybridized carbons (Fsp3) is 0.148. The number of aryl methyl sites for hydroxylation is 1. The number of hydrogen-bond donors (Lipinski definition) is 3. The summed E-state index contributed by atoms with van der Waals surface area (Å²) >= 11 is 2.98. The van der Waals surface area contributed by atoms with Crippen LogP contribution in [0.2, 0.25) is 0 Å². The largest absolute Gasteiger partial charge is 0.497 e. The van der Waals surface area contributed by atoms with Crippen molar-refractivity contribution >= 4 is 40.8 Å². The Hall–Kier alpha value is -3.13. The molecule has 3 aromatic carbocycles. The number of methoxy groups -OCH3 is 1. The van der Waals surface area contributed by atoms with Crippen molar-refractivity contribution in [1.29, 1.82) is 0 Å². The van der Waals surface area contributed by atoms with Crippen molar-refractivity contribution < 1.29 is 4.74 Å². The standard InChI is InChI=1S/C26H25N3OS.CH5NS/c1-17-6-10-19(11-7-17)29-26(28)14-25(27)24-16-31-15-23-21(4-3-5-22(23)24)18-8-12-20(30-2)13-9-18;1-3-2/h3-14,16H,15,27H2,1-2H3,(H2,28,29);2H2,1H3/b25-14-;. The molecule has 0 radical (unpaired) electrons. The molecule has 0 amide bonds. The number of rotatable bonds is 5. The zero-order valence-corrected chi connectivity index (χ0v) is 21.2. The quantitative estimate of drug-likeness (QED) is 0.230. The fourth-order valence-electron chi connectivity index (χ4n) is 3.57. The van der Waals surface area contributed by atoms with Crippen molar-refractivity contribution in [1.82, 2.24) is 0 Å². The van der Waals surface area contributed by atoms with Crippen LogP contribution in [0.15, 0.2) is 88.9 Å². The van der Waals surface area contributed by atoms with Gasteiger partial charge in [0.25, 0.3) is 0 Å². The van der Waals surface area contributed by atoms with Gasteiger partial charge in [0.1, 0.15) is 11.6 Å². The maximum Gasteiger partial charge on any atom is 0.126 e. The van der Waals surface area contributed by atoms with E-state index in [1.165, 1.54) is 28.6 Å². The topological polar surface area (TPSA) is 99.6 Å². The van der Waals surface area contributed by atoms with E-state index >= 15 is 0 Å². The van der Waals surface area contributed by atoms with E-state index in [9.17, 15) is 0 Å². The molecule has 0 aromatic heterocycles. The van der Waals surface area contributed by atoms with Crippen LogP contribution in [-0.2, 0) is 5.75 Å². The number of benzene rings is 3. The molecule has 0 aliphatic carbocycles. The molecular formula is C27H30N4OS2. The molecule has 0 unspecified atom stereocenters. The van der Waals surface area contributed by atoms with Crippen LogP contribution in [-0.4, -0.2) is 19.2 Å². The van der Waals surface area contributed by atoms with Gasteiger partial charge in [0, 0.05) is 23.1 Å². The van der Waals surface area contributed by atoms with Crippen molar-refractivity contribution in [3.63, 3.8) is 0 Å². The molecule has 5 nitrogen and oxygen atoms in total. The summed E-state index contributed by atoms with van der Waals surface area (Å²) in [6.07, 6.45) is 3.56. The minimum absolute atomic E-state index is 0.380. The number of thioether (sulfide) groups is 1. The SMILES string of the molecule is COc1ccc(-c2cccc3c2CSC=C3/C(N)=C/C(N)=Nc2ccc(C)cc2)cc1.CSN.